The Morgan fingerprint density at radius 3 is 2.58 bits per heavy atom. The lowest BCUT2D eigenvalue weighted by molar-refractivity contribution is -0.192. The van der Waals surface area contributed by atoms with Crippen molar-refractivity contribution in [3.63, 3.8) is 0 Å². The number of nitrogens with zero attached hydrogens (tertiary/aromatic N) is 2. The van der Waals surface area contributed by atoms with Crippen molar-refractivity contribution in [2.45, 2.75) is 39.0 Å². The van der Waals surface area contributed by atoms with E-state index >= 15 is 0 Å². The molecule has 0 radical (unpaired) electrons. The second kappa shape index (κ2) is 11.3. The van der Waals surface area contributed by atoms with Crippen molar-refractivity contribution >= 4 is 34.9 Å². The first-order valence-corrected chi connectivity index (χ1v) is 11.2. The number of nitrogens with two attached hydrogens (primary N) is 1. The lowest BCUT2D eigenvalue weighted by Gasteiger charge is -2.18. The van der Waals surface area contributed by atoms with Crippen LogP contribution in [0.4, 0.5) is 30.5 Å². The summed E-state index contributed by atoms with van der Waals surface area (Å²) in [5, 5.41) is 14.2. The fraction of sp³-hybridized carbons (Fsp3) is 0.292. The third kappa shape index (κ3) is 6.91. The van der Waals surface area contributed by atoms with Crippen LogP contribution in [0.5, 0.6) is 5.75 Å². The molecule has 0 unspecified atom stereocenters. The number of alkyl halides is 3. The maximum atomic E-state index is 10.6. The predicted molar refractivity (Wildman–Crippen MR) is 131 cm³/mol. The molecule has 36 heavy (non-hydrogen) atoms. The Hall–Kier alpha value is -3.73. The van der Waals surface area contributed by atoms with Gasteiger partial charge in [0.15, 0.2) is 11.6 Å². The summed E-state index contributed by atoms with van der Waals surface area (Å²) in [4.78, 5) is 17.5. The highest BCUT2D eigenvalue weighted by molar-refractivity contribution is 6.35. The SMILES string of the molecule is Cc1ccc([C@H](C)Nc2ncnc(NCc3ccc4c(c3)CCO4)c2Cl)cc1N.O=C(O)C(F)(F)F. The van der Waals surface area contributed by atoms with Gasteiger partial charge < -0.3 is 26.2 Å². The minimum atomic E-state index is -5.08. The normalized spacial score (nSPS) is 13.1. The zero-order chi connectivity index (χ0) is 26.5. The number of nitrogens with one attached hydrogen (secondary N) is 2. The predicted octanol–water partition coefficient (Wildman–Crippen LogP) is 5.37. The first-order chi connectivity index (χ1) is 17.0. The van der Waals surface area contributed by atoms with Crippen molar-refractivity contribution in [1.82, 2.24) is 9.97 Å². The Bertz CT molecular complexity index is 1240. The van der Waals surface area contributed by atoms with Crippen molar-refractivity contribution in [3.8, 4) is 5.75 Å². The molecule has 192 valence electrons. The summed E-state index contributed by atoms with van der Waals surface area (Å²) in [5.74, 6) is -0.603. The van der Waals surface area contributed by atoms with E-state index in [1.807, 2.05) is 32.0 Å². The summed E-state index contributed by atoms with van der Waals surface area (Å²) in [6.07, 6.45) is -2.63. The number of hydrogen-bond donors (Lipinski definition) is 4. The Morgan fingerprint density at radius 1 is 1.22 bits per heavy atom. The van der Waals surface area contributed by atoms with Gasteiger partial charge in [0, 0.05) is 18.7 Å². The summed E-state index contributed by atoms with van der Waals surface area (Å²) < 4.78 is 37.3. The number of aryl methyl sites for hydroxylation is 1. The Morgan fingerprint density at radius 2 is 1.92 bits per heavy atom. The summed E-state index contributed by atoms with van der Waals surface area (Å²) in [6, 6.07) is 12.3. The van der Waals surface area contributed by atoms with Gasteiger partial charge in [-0.2, -0.15) is 13.2 Å². The second-order valence-electron chi connectivity index (χ2n) is 8.06. The molecule has 8 nitrogen and oxygen atoms in total. The zero-order valence-corrected chi connectivity index (χ0v) is 20.2. The van der Waals surface area contributed by atoms with Crippen molar-refractivity contribution in [1.29, 1.82) is 0 Å². The minimum absolute atomic E-state index is 0.00476. The third-order valence-electron chi connectivity index (χ3n) is 5.40. The van der Waals surface area contributed by atoms with Gasteiger partial charge in [0.25, 0.3) is 0 Å². The number of rotatable bonds is 6. The Balaban J connectivity index is 0.000000454. The van der Waals surface area contributed by atoms with Crippen LogP contribution in [0.25, 0.3) is 0 Å². The standard InChI is InChI=1S/C22H24ClN5O.C2HF3O2/c1-13-3-5-16(10-18(13)24)14(2)28-22-20(23)21(26-12-27-22)25-11-15-4-6-19-17(9-15)7-8-29-19;3-2(4,5)1(6)7/h3-6,9-10,12,14H,7-8,11,24H2,1-2H3,(H2,25,26,27,28);(H,6,7)/t14-;/m0./s1. The Kier molecular flexibility index (Phi) is 8.46. The second-order valence-corrected chi connectivity index (χ2v) is 8.44. The van der Waals surface area contributed by atoms with Crippen LogP contribution < -0.4 is 21.1 Å². The van der Waals surface area contributed by atoms with E-state index in [9.17, 15) is 13.2 Å². The molecule has 1 aliphatic heterocycles. The van der Waals surface area contributed by atoms with Crippen molar-refractivity contribution in [3.05, 3.63) is 70.0 Å². The molecule has 4 rings (SSSR count). The van der Waals surface area contributed by atoms with Gasteiger partial charge in [0.05, 0.1) is 12.6 Å². The first-order valence-electron chi connectivity index (χ1n) is 10.9. The molecular weight excluding hydrogens is 499 g/mol. The van der Waals surface area contributed by atoms with Gasteiger partial charge in [-0.25, -0.2) is 14.8 Å². The molecule has 0 fully saturated rings. The quantitative estimate of drug-likeness (QED) is 0.318. The number of aliphatic carboxylic acids is 1. The van der Waals surface area contributed by atoms with E-state index in [1.54, 1.807) is 0 Å². The van der Waals surface area contributed by atoms with Crippen LogP contribution in [0.1, 0.15) is 35.2 Å². The molecule has 0 spiro atoms. The van der Waals surface area contributed by atoms with Crippen LogP contribution in [0.15, 0.2) is 42.7 Å². The van der Waals surface area contributed by atoms with Crippen LogP contribution in [-0.2, 0) is 17.8 Å². The van der Waals surface area contributed by atoms with E-state index in [0.29, 0.717) is 23.2 Å². The van der Waals surface area contributed by atoms with Crippen LogP contribution in [0, 0.1) is 6.92 Å². The molecule has 1 atom stereocenters. The molecule has 2 aromatic carbocycles. The average molecular weight is 524 g/mol. The lowest BCUT2D eigenvalue weighted by Crippen LogP contribution is -2.21. The zero-order valence-electron chi connectivity index (χ0n) is 19.5. The van der Waals surface area contributed by atoms with E-state index in [4.69, 9.17) is 32.0 Å². The lowest BCUT2D eigenvalue weighted by atomic mass is 10.0. The number of anilines is 3. The summed E-state index contributed by atoms with van der Waals surface area (Å²) in [7, 11) is 0. The largest absolute Gasteiger partial charge is 0.493 e. The smallest absolute Gasteiger partial charge is 0.490 e. The van der Waals surface area contributed by atoms with Gasteiger partial charge in [-0.05, 0) is 48.2 Å². The average Bonchev–Trinajstić information content (AvgIpc) is 3.29. The summed E-state index contributed by atoms with van der Waals surface area (Å²) in [5.41, 5.74) is 11.3. The molecule has 1 aliphatic rings. The number of carboxylic acid groups (broad SMARTS) is 1. The first kappa shape index (κ1) is 26.9. The van der Waals surface area contributed by atoms with Crippen molar-refractivity contribution in [2.24, 2.45) is 0 Å². The molecule has 0 amide bonds. The number of hydrogen-bond acceptors (Lipinski definition) is 7. The van der Waals surface area contributed by atoms with Gasteiger partial charge >= 0.3 is 12.1 Å². The minimum Gasteiger partial charge on any atom is -0.493 e. The number of carboxylic acids is 1. The maximum Gasteiger partial charge on any atom is 0.490 e. The van der Waals surface area contributed by atoms with Gasteiger partial charge in [0.2, 0.25) is 0 Å². The fourth-order valence-electron chi connectivity index (χ4n) is 3.35. The van der Waals surface area contributed by atoms with E-state index in [-0.39, 0.29) is 6.04 Å². The maximum absolute atomic E-state index is 10.6. The summed E-state index contributed by atoms with van der Waals surface area (Å²) >= 11 is 6.56. The van der Waals surface area contributed by atoms with Crippen LogP contribution >= 0.6 is 11.6 Å². The highest BCUT2D eigenvalue weighted by Crippen LogP contribution is 2.31. The van der Waals surface area contributed by atoms with Gasteiger partial charge in [-0.15, -0.1) is 0 Å². The molecule has 2 heterocycles. The summed E-state index contributed by atoms with van der Waals surface area (Å²) in [6.45, 7) is 5.41. The number of carbonyl (C=O) groups is 1. The van der Waals surface area contributed by atoms with Crippen LogP contribution in [0.2, 0.25) is 5.02 Å². The van der Waals surface area contributed by atoms with Gasteiger partial charge in [-0.1, -0.05) is 35.9 Å². The van der Waals surface area contributed by atoms with E-state index < -0.39 is 12.1 Å². The fourth-order valence-corrected chi connectivity index (χ4v) is 3.57. The van der Waals surface area contributed by atoms with E-state index in [2.05, 4.69) is 38.8 Å². The van der Waals surface area contributed by atoms with E-state index in [1.165, 1.54) is 11.9 Å². The topological polar surface area (TPSA) is 122 Å². The third-order valence-corrected chi connectivity index (χ3v) is 5.76. The van der Waals surface area contributed by atoms with Crippen molar-refractivity contribution in [2.75, 3.05) is 23.0 Å². The molecule has 0 saturated heterocycles. The molecule has 5 N–H and O–H groups in total. The Labute approximate surface area is 210 Å². The number of aromatic nitrogens is 2. The highest BCUT2D eigenvalue weighted by Gasteiger charge is 2.38. The molecule has 0 saturated carbocycles. The number of benzene rings is 2. The van der Waals surface area contributed by atoms with Crippen LogP contribution in [-0.4, -0.2) is 33.8 Å². The molecule has 0 aliphatic carbocycles. The van der Waals surface area contributed by atoms with Crippen LogP contribution in [0.3, 0.4) is 0 Å². The molecule has 3 aromatic rings. The van der Waals surface area contributed by atoms with Crippen molar-refractivity contribution < 1.29 is 27.8 Å². The van der Waals surface area contributed by atoms with Gasteiger partial charge in [0.1, 0.15) is 17.1 Å². The van der Waals surface area contributed by atoms with Gasteiger partial charge in [-0.3, -0.25) is 0 Å². The number of halogens is 4. The monoisotopic (exact) mass is 523 g/mol. The molecule has 0 bridgehead atoms. The number of fused-ring (bicyclic) bond motifs is 1. The highest BCUT2D eigenvalue weighted by atomic mass is 35.5. The molecule has 1 aromatic heterocycles. The number of nitrogen functional groups attached to an aromatic ring is 1. The number of ether oxygens (including phenoxy) is 1. The molecule has 12 heteroatoms. The molecular formula is C24H25ClF3N5O3. The van der Waals surface area contributed by atoms with E-state index in [0.717, 1.165) is 41.2 Å².